The number of halogens is 1. The maximum Gasteiger partial charge on any atom is 0.257 e. The standard InChI is InChI=1S/C14H12BrN3O3S2/c15-10-3-1-2-9(8-10)13(19)18-14(22)17-11-4-6-12(7-5-11)23(16,20)21/h1-8H,(H2,16,20,21)(H2,17,18,19,22). The molecule has 1 amide bonds. The number of nitrogens with two attached hydrogens (primary N) is 1. The van der Waals surface area contributed by atoms with Crippen molar-refractivity contribution in [1.29, 1.82) is 0 Å². The number of nitrogens with one attached hydrogen (secondary N) is 2. The van der Waals surface area contributed by atoms with Crippen molar-refractivity contribution in [2.24, 2.45) is 5.14 Å². The van der Waals surface area contributed by atoms with Crippen molar-refractivity contribution in [1.82, 2.24) is 5.32 Å². The molecule has 0 aliphatic heterocycles. The summed E-state index contributed by atoms with van der Waals surface area (Å²) in [6.45, 7) is 0. The fraction of sp³-hybridized carbons (Fsp3) is 0. The van der Waals surface area contributed by atoms with Gasteiger partial charge in [0.05, 0.1) is 4.90 Å². The molecule has 2 rings (SSSR count). The van der Waals surface area contributed by atoms with Crippen molar-refractivity contribution in [3.05, 3.63) is 58.6 Å². The van der Waals surface area contributed by atoms with Crippen molar-refractivity contribution in [2.45, 2.75) is 4.90 Å². The Balaban J connectivity index is 2.01. The number of carbonyl (C=O) groups excluding carboxylic acids is 1. The van der Waals surface area contributed by atoms with Gasteiger partial charge in [-0.05, 0) is 54.7 Å². The molecule has 4 N–H and O–H groups in total. The zero-order chi connectivity index (χ0) is 17.0. The van der Waals surface area contributed by atoms with Crippen LogP contribution < -0.4 is 15.8 Å². The summed E-state index contributed by atoms with van der Waals surface area (Å²) >= 11 is 8.34. The Hall–Kier alpha value is -1.81. The number of carbonyl (C=O) groups is 1. The molecule has 2 aromatic carbocycles. The van der Waals surface area contributed by atoms with E-state index in [2.05, 4.69) is 26.6 Å². The molecule has 0 unspecified atom stereocenters. The highest BCUT2D eigenvalue weighted by Gasteiger charge is 2.10. The zero-order valence-corrected chi connectivity index (χ0v) is 14.8. The number of thiocarbonyl (C=S) groups is 1. The van der Waals surface area contributed by atoms with Crippen LogP contribution >= 0.6 is 28.1 Å². The van der Waals surface area contributed by atoms with E-state index >= 15 is 0 Å². The fourth-order valence-electron chi connectivity index (χ4n) is 1.70. The number of primary sulfonamides is 1. The molecule has 0 heterocycles. The van der Waals surface area contributed by atoms with Gasteiger partial charge in [-0.1, -0.05) is 22.0 Å². The number of amides is 1. The number of rotatable bonds is 3. The Morgan fingerprint density at radius 3 is 2.35 bits per heavy atom. The van der Waals surface area contributed by atoms with Crippen molar-refractivity contribution in [3.8, 4) is 0 Å². The predicted octanol–water partition coefficient (Wildman–Crippen LogP) is 2.22. The Bertz CT molecular complexity index is 852. The summed E-state index contributed by atoms with van der Waals surface area (Å²) in [7, 11) is -3.74. The summed E-state index contributed by atoms with van der Waals surface area (Å²) in [6, 6.07) is 12.5. The van der Waals surface area contributed by atoms with Crippen molar-refractivity contribution >= 4 is 54.9 Å². The molecule has 0 aliphatic rings. The number of benzene rings is 2. The van der Waals surface area contributed by atoms with E-state index in [4.69, 9.17) is 17.4 Å². The molecule has 23 heavy (non-hydrogen) atoms. The van der Waals surface area contributed by atoms with Gasteiger partial charge in [0.1, 0.15) is 0 Å². The number of sulfonamides is 1. The topological polar surface area (TPSA) is 101 Å². The minimum absolute atomic E-state index is 0.00728. The molecular weight excluding hydrogens is 402 g/mol. The molecule has 0 radical (unpaired) electrons. The summed E-state index contributed by atoms with van der Waals surface area (Å²) in [4.78, 5) is 12.0. The van der Waals surface area contributed by atoms with Crippen LogP contribution in [0.15, 0.2) is 57.9 Å². The van der Waals surface area contributed by atoms with E-state index in [1.807, 2.05) is 0 Å². The molecule has 0 spiro atoms. The number of hydrogen-bond donors (Lipinski definition) is 3. The Kier molecular flexibility index (Phi) is 5.47. The highest BCUT2D eigenvalue weighted by molar-refractivity contribution is 9.10. The molecule has 0 saturated carbocycles. The summed E-state index contributed by atoms with van der Waals surface area (Å²) < 4.78 is 23.1. The van der Waals surface area contributed by atoms with E-state index in [0.29, 0.717) is 11.3 Å². The Morgan fingerprint density at radius 2 is 1.78 bits per heavy atom. The first-order chi connectivity index (χ1) is 10.8. The lowest BCUT2D eigenvalue weighted by Crippen LogP contribution is -2.34. The van der Waals surface area contributed by atoms with Crippen LogP contribution in [0, 0.1) is 0 Å². The second kappa shape index (κ2) is 7.18. The van der Waals surface area contributed by atoms with Crippen molar-refractivity contribution in [3.63, 3.8) is 0 Å². The molecule has 9 heteroatoms. The largest absolute Gasteiger partial charge is 0.332 e. The third-order valence-electron chi connectivity index (χ3n) is 2.75. The minimum atomic E-state index is -3.74. The highest BCUT2D eigenvalue weighted by Crippen LogP contribution is 2.13. The van der Waals surface area contributed by atoms with Crippen LogP contribution in [0.25, 0.3) is 0 Å². The van der Waals surface area contributed by atoms with Gasteiger partial charge in [0.15, 0.2) is 5.11 Å². The number of hydrogen-bond acceptors (Lipinski definition) is 4. The van der Waals surface area contributed by atoms with Crippen LogP contribution in [0.3, 0.4) is 0 Å². The Labute approximate surface area is 147 Å². The predicted molar refractivity (Wildman–Crippen MR) is 95.6 cm³/mol. The third kappa shape index (κ3) is 5.10. The van der Waals surface area contributed by atoms with Gasteiger partial charge in [-0.25, -0.2) is 13.6 Å². The Morgan fingerprint density at radius 1 is 1.13 bits per heavy atom. The second-order valence-corrected chi connectivity index (χ2v) is 7.37. The first-order valence-corrected chi connectivity index (χ1v) is 9.01. The quantitative estimate of drug-likeness (QED) is 0.669. The molecule has 0 aromatic heterocycles. The molecule has 6 nitrogen and oxygen atoms in total. The van der Waals surface area contributed by atoms with Crippen molar-refractivity contribution in [2.75, 3.05) is 5.32 Å². The highest BCUT2D eigenvalue weighted by atomic mass is 79.9. The van der Waals surface area contributed by atoms with Crippen molar-refractivity contribution < 1.29 is 13.2 Å². The van der Waals surface area contributed by atoms with E-state index < -0.39 is 10.0 Å². The van der Waals surface area contributed by atoms with Gasteiger partial charge >= 0.3 is 0 Å². The summed E-state index contributed by atoms with van der Waals surface area (Å²) in [6.07, 6.45) is 0. The molecule has 0 bridgehead atoms. The third-order valence-corrected chi connectivity index (χ3v) is 4.38. The summed E-state index contributed by atoms with van der Waals surface area (Å²) in [5.74, 6) is -0.357. The number of anilines is 1. The van der Waals surface area contributed by atoms with E-state index in [-0.39, 0.29) is 15.9 Å². The lowest BCUT2D eigenvalue weighted by Gasteiger charge is -2.10. The molecule has 2 aromatic rings. The van der Waals surface area contributed by atoms with Gasteiger partial charge in [0.2, 0.25) is 10.0 Å². The zero-order valence-electron chi connectivity index (χ0n) is 11.6. The monoisotopic (exact) mass is 413 g/mol. The lowest BCUT2D eigenvalue weighted by atomic mass is 10.2. The molecule has 0 fully saturated rings. The molecule has 120 valence electrons. The van der Waals surface area contributed by atoms with Crippen LogP contribution in [0.4, 0.5) is 5.69 Å². The van der Waals surface area contributed by atoms with Crippen LogP contribution in [0.5, 0.6) is 0 Å². The van der Waals surface area contributed by atoms with Crippen LogP contribution in [-0.4, -0.2) is 19.4 Å². The maximum absolute atomic E-state index is 12.0. The summed E-state index contributed by atoms with van der Waals surface area (Å²) in [5, 5.41) is 10.4. The fourth-order valence-corrected chi connectivity index (χ4v) is 2.82. The molecular formula is C14H12BrN3O3S2. The lowest BCUT2D eigenvalue weighted by molar-refractivity contribution is 0.0977. The van der Waals surface area contributed by atoms with E-state index in [9.17, 15) is 13.2 Å². The summed E-state index contributed by atoms with van der Waals surface area (Å²) in [5.41, 5.74) is 0.977. The average molecular weight is 414 g/mol. The normalized spacial score (nSPS) is 10.9. The second-order valence-electron chi connectivity index (χ2n) is 4.49. The molecule has 0 atom stereocenters. The van der Waals surface area contributed by atoms with E-state index in [1.165, 1.54) is 24.3 Å². The van der Waals surface area contributed by atoms with Gasteiger partial charge in [-0.3, -0.25) is 10.1 Å². The van der Waals surface area contributed by atoms with Gasteiger partial charge in [-0.15, -0.1) is 0 Å². The van der Waals surface area contributed by atoms with Gasteiger partial charge < -0.3 is 5.32 Å². The van der Waals surface area contributed by atoms with Crippen LogP contribution in [-0.2, 0) is 10.0 Å². The van der Waals surface area contributed by atoms with E-state index in [0.717, 1.165) is 4.47 Å². The van der Waals surface area contributed by atoms with Gasteiger partial charge in [0.25, 0.3) is 5.91 Å². The van der Waals surface area contributed by atoms with Crippen LogP contribution in [0.2, 0.25) is 0 Å². The smallest absolute Gasteiger partial charge is 0.257 e. The van der Waals surface area contributed by atoms with Gasteiger partial charge in [0, 0.05) is 15.7 Å². The average Bonchev–Trinajstić information content (AvgIpc) is 2.46. The maximum atomic E-state index is 12.0. The molecule has 0 aliphatic carbocycles. The van der Waals surface area contributed by atoms with Crippen LogP contribution in [0.1, 0.15) is 10.4 Å². The minimum Gasteiger partial charge on any atom is -0.332 e. The SMILES string of the molecule is NS(=O)(=O)c1ccc(NC(=S)NC(=O)c2cccc(Br)c2)cc1. The van der Waals surface area contributed by atoms with E-state index in [1.54, 1.807) is 24.3 Å². The first-order valence-electron chi connectivity index (χ1n) is 6.26. The molecule has 0 saturated heterocycles. The first kappa shape index (κ1) is 17.5. The van der Waals surface area contributed by atoms with Gasteiger partial charge in [-0.2, -0.15) is 0 Å².